The van der Waals surface area contributed by atoms with Crippen LogP contribution in [0.1, 0.15) is 97.8 Å². The van der Waals surface area contributed by atoms with Gasteiger partial charge in [0.2, 0.25) is 0 Å². The van der Waals surface area contributed by atoms with Crippen LogP contribution < -0.4 is 5.73 Å². The smallest absolute Gasteiger partial charge is 0.323 e. The minimum Gasteiger partial charge on any atom is -0.481 e. The van der Waals surface area contributed by atoms with Gasteiger partial charge in [-0.3, -0.25) is 14.4 Å². The Labute approximate surface area is 209 Å². The Morgan fingerprint density at radius 2 is 1.63 bits per heavy atom. The maximum absolute atomic E-state index is 12.3. The van der Waals surface area contributed by atoms with Crippen molar-refractivity contribution in [1.82, 2.24) is 0 Å². The van der Waals surface area contributed by atoms with Gasteiger partial charge in [0.25, 0.3) is 0 Å². The van der Waals surface area contributed by atoms with E-state index >= 15 is 0 Å². The van der Waals surface area contributed by atoms with Crippen molar-refractivity contribution in [2.24, 2.45) is 52.1 Å². The molecule has 35 heavy (non-hydrogen) atoms. The summed E-state index contributed by atoms with van der Waals surface area (Å²) in [7, 11) is 0. The molecule has 7 heteroatoms. The van der Waals surface area contributed by atoms with Crippen LogP contribution in [0.3, 0.4) is 0 Å². The maximum atomic E-state index is 12.3. The molecule has 0 bridgehead atoms. The number of carboxylic acid groups (broad SMARTS) is 2. The van der Waals surface area contributed by atoms with Gasteiger partial charge in [0.1, 0.15) is 12.1 Å². The van der Waals surface area contributed by atoms with Crippen LogP contribution in [0, 0.1) is 46.3 Å². The number of esters is 1. The molecular weight excluding hydrogens is 446 g/mol. The number of carbonyl (C=O) groups excluding carboxylic acids is 1. The maximum Gasteiger partial charge on any atom is 0.323 e. The number of hydrogen-bond acceptors (Lipinski definition) is 5. The van der Waals surface area contributed by atoms with Crippen molar-refractivity contribution in [2.75, 3.05) is 0 Å². The summed E-state index contributed by atoms with van der Waals surface area (Å²) in [4.78, 5) is 34.3. The number of carbonyl (C=O) groups is 3. The summed E-state index contributed by atoms with van der Waals surface area (Å²) >= 11 is 0. The van der Waals surface area contributed by atoms with Gasteiger partial charge in [-0.25, -0.2) is 0 Å². The van der Waals surface area contributed by atoms with Gasteiger partial charge >= 0.3 is 17.9 Å². The molecule has 7 nitrogen and oxygen atoms in total. The molecule has 198 valence electrons. The second-order valence-electron chi connectivity index (χ2n) is 12.8. The van der Waals surface area contributed by atoms with Gasteiger partial charge in [0, 0.05) is 6.42 Å². The van der Waals surface area contributed by atoms with Crippen LogP contribution in [-0.2, 0) is 19.1 Å². The van der Waals surface area contributed by atoms with Gasteiger partial charge in [0.05, 0.1) is 6.42 Å². The van der Waals surface area contributed by atoms with E-state index in [4.69, 9.17) is 20.7 Å². The first-order chi connectivity index (χ1) is 16.5. The quantitative estimate of drug-likeness (QED) is 0.414. The topological polar surface area (TPSA) is 127 Å². The first-order valence-electron chi connectivity index (χ1n) is 13.9. The Morgan fingerprint density at radius 3 is 2.31 bits per heavy atom. The van der Waals surface area contributed by atoms with Crippen LogP contribution in [0.15, 0.2) is 0 Å². The largest absolute Gasteiger partial charge is 0.481 e. The first-order valence-corrected chi connectivity index (χ1v) is 13.9. The zero-order chi connectivity index (χ0) is 25.5. The van der Waals surface area contributed by atoms with Crippen LogP contribution in [0.4, 0.5) is 0 Å². The van der Waals surface area contributed by atoms with Gasteiger partial charge in [-0.2, -0.15) is 0 Å². The zero-order valence-electron chi connectivity index (χ0n) is 21.7. The number of ether oxygens (including phenoxy) is 1. The number of fused-ring (bicyclic) bond motifs is 5. The molecule has 4 aliphatic carbocycles. The molecule has 10 atom stereocenters. The van der Waals surface area contributed by atoms with Gasteiger partial charge in [0.15, 0.2) is 0 Å². The molecule has 4 N–H and O–H groups in total. The molecule has 0 saturated heterocycles. The van der Waals surface area contributed by atoms with Crippen molar-refractivity contribution >= 4 is 17.9 Å². The number of aliphatic carboxylic acids is 2. The molecule has 0 radical (unpaired) electrons. The molecule has 0 amide bonds. The van der Waals surface area contributed by atoms with E-state index in [0.717, 1.165) is 37.5 Å². The van der Waals surface area contributed by atoms with E-state index < -0.39 is 30.4 Å². The summed E-state index contributed by atoms with van der Waals surface area (Å²) < 4.78 is 5.68. The molecule has 0 aliphatic heterocycles. The molecule has 4 aliphatic rings. The van der Waals surface area contributed by atoms with Crippen molar-refractivity contribution in [2.45, 2.75) is 110 Å². The van der Waals surface area contributed by atoms with Crippen molar-refractivity contribution < 1.29 is 29.3 Å². The minimum absolute atomic E-state index is 0.156. The second kappa shape index (κ2) is 10.0. The second-order valence-corrected chi connectivity index (χ2v) is 12.8. The normalized spacial score (nSPS) is 42.2. The van der Waals surface area contributed by atoms with Crippen molar-refractivity contribution in [3.63, 3.8) is 0 Å². The fourth-order valence-electron chi connectivity index (χ4n) is 9.38. The standard InChI is InChI=1S/C28H45NO6/c1-16(4-9-24(30)31)20-7-8-21-19-6-5-17-14-18(35-26(34)23(29)15-25(32)33)10-12-27(17,2)22(19)11-13-28(20,21)3/h16-23H,4-15,29H2,1-3H3,(H,30,31)(H,32,33)/t16?,17-,18-,19?,20?,21+,22?,23?,27+,28-/m1/s1. The third-order valence-electron chi connectivity index (χ3n) is 11.2. The lowest BCUT2D eigenvalue weighted by Crippen LogP contribution is -2.54. The Bertz CT molecular complexity index is 830. The summed E-state index contributed by atoms with van der Waals surface area (Å²) in [5.74, 6) is 1.45. The molecule has 4 rings (SSSR count). The number of rotatable bonds is 8. The van der Waals surface area contributed by atoms with Gasteiger partial charge in [-0.1, -0.05) is 20.8 Å². The Morgan fingerprint density at radius 1 is 0.943 bits per heavy atom. The molecular formula is C28H45NO6. The van der Waals surface area contributed by atoms with E-state index in [9.17, 15) is 14.4 Å². The predicted octanol–water partition coefficient (Wildman–Crippen LogP) is 4.86. The number of hydrogen-bond donors (Lipinski definition) is 3. The van der Waals surface area contributed by atoms with E-state index in [1.54, 1.807) is 0 Å². The molecule has 0 aromatic rings. The van der Waals surface area contributed by atoms with Gasteiger partial charge < -0.3 is 20.7 Å². The zero-order valence-corrected chi connectivity index (χ0v) is 21.7. The Hall–Kier alpha value is -1.63. The summed E-state index contributed by atoms with van der Waals surface area (Å²) in [5.41, 5.74) is 6.32. The molecule has 0 spiro atoms. The molecule has 4 saturated carbocycles. The van der Waals surface area contributed by atoms with Crippen LogP contribution in [-0.4, -0.2) is 40.3 Å². The molecule has 5 unspecified atom stereocenters. The summed E-state index contributed by atoms with van der Waals surface area (Å²) in [6.45, 7) is 7.26. The van der Waals surface area contributed by atoms with Gasteiger partial charge in [-0.15, -0.1) is 0 Å². The Balaban J connectivity index is 1.40. The van der Waals surface area contributed by atoms with Gasteiger partial charge in [-0.05, 0) is 111 Å². The summed E-state index contributed by atoms with van der Waals surface area (Å²) in [5, 5.41) is 18.1. The lowest BCUT2D eigenvalue weighted by atomic mass is 9.44. The third-order valence-corrected chi connectivity index (χ3v) is 11.2. The number of carboxylic acids is 2. The molecule has 4 fully saturated rings. The predicted molar refractivity (Wildman–Crippen MR) is 131 cm³/mol. The molecule has 0 aromatic carbocycles. The number of nitrogens with two attached hydrogens (primary N) is 1. The van der Waals surface area contributed by atoms with Crippen molar-refractivity contribution in [1.29, 1.82) is 0 Å². The van der Waals surface area contributed by atoms with Crippen LogP contribution in [0.2, 0.25) is 0 Å². The summed E-state index contributed by atoms with van der Waals surface area (Å²) in [6, 6.07) is -1.10. The fourth-order valence-corrected chi connectivity index (χ4v) is 9.38. The highest BCUT2D eigenvalue weighted by Gasteiger charge is 2.60. The highest BCUT2D eigenvalue weighted by atomic mass is 16.5. The van der Waals surface area contributed by atoms with Crippen molar-refractivity contribution in [3.8, 4) is 0 Å². The average molecular weight is 492 g/mol. The Kier molecular flexibility index (Phi) is 7.57. The van der Waals surface area contributed by atoms with Crippen LogP contribution >= 0.6 is 0 Å². The highest BCUT2D eigenvalue weighted by Crippen LogP contribution is 2.68. The first kappa shape index (κ1) is 26.4. The fraction of sp³-hybridized carbons (Fsp3) is 0.893. The molecule has 0 heterocycles. The highest BCUT2D eigenvalue weighted by molar-refractivity contribution is 5.81. The van der Waals surface area contributed by atoms with E-state index in [1.807, 2.05) is 0 Å². The third kappa shape index (κ3) is 4.99. The van der Waals surface area contributed by atoms with E-state index in [2.05, 4.69) is 20.8 Å². The monoisotopic (exact) mass is 491 g/mol. The van der Waals surface area contributed by atoms with E-state index in [1.165, 1.54) is 38.5 Å². The van der Waals surface area contributed by atoms with Crippen LogP contribution in [0.5, 0.6) is 0 Å². The summed E-state index contributed by atoms with van der Waals surface area (Å²) in [6.07, 6.45) is 10.7. The minimum atomic E-state index is -1.10. The van der Waals surface area contributed by atoms with Crippen LogP contribution in [0.25, 0.3) is 0 Å². The lowest BCUT2D eigenvalue weighted by Gasteiger charge is -2.61. The van der Waals surface area contributed by atoms with E-state index in [0.29, 0.717) is 29.1 Å². The lowest BCUT2D eigenvalue weighted by molar-refractivity contribution is -0.165. The molecule has 0 aromatic heterocycles. The SMILES string of the molecule is CC(CCC(=O)O)C1CC[C@H]2C3CC[C@@H]4C[C@H](OC(=O)C(N)CC(=O)O)CC[C@]4(C)C3CC[C@]12C. The average Bonchev–Trinajstić information content (AvgIpc) is 3.14. The van der Waals surface area contributed by atoms with Crippen molar-refractivity contribution in [3.05, 3.63) is 0 Å². The van der Waals surface area contributed by atoms with E-state index in [-0.39, 0.29) is 17.9 Å².